The fourth-order valence-corrected chi connectivity index (χ4v) is 5.12. The summed E-state index contributed by atoms with van der Waals surface area (Å²) in [5, 5.41) is 2.05. The van der Waals surface area contributed by atoms with E-state index in [2.05, 4.69) is 9.97 Å². The molecule has 0 unspecified atom stereocenters. The second-order valence-electron chi connectivity index (χ2n) is 8.59. The fraction of sp³-hybridized carbons (Fsp3) is 0.280. The van der Waals surface area contributed by atoms with Gasteiger partial charge in [0.2, 0.25) is 0 Å². The maximum absolute atomic E-state index is 13.9. The topological polar surface area (TPSA) is 55.0 Å². The molecule has 4 nitrogen and oxygen atoms in total. The van der Waals surface area contributed by atoms with E-state index >= 15 is 0 Å². The zero-order chi connectivity index (χ0) is 24.0. The van der Waals surface area contributed by atoms with Crippen LogP contribution < -0.4 is 10.6 Å². The molecule has 0 spiro atoms. The van der Waals surface area contributed by atoms with Crippen LogP contribution >= 0.6 is 23.2 Å². The predicted octanol–water partition coefficient (Wildman–Crippen LogP) is 7.52. The summed E-state index contributed by atoms with van der Waals surface area (Å²) in [6.07, 6.45) is 0.0690. The number of aromatic nitrogens is 2. The van der Waals surface area contributed by atoms with E-state index in [1.807, 2.05) is 17.0 Å². The Hall–Kier alpha value is -2.61. The number of pyridine rings is 2. The summed E-state index contributed by atoms with van der Waals surface area (Å²) >= 11 is 12.5. The van der Waals surface area contributed by atoms with Gasteiger partial charge in [-0.05, 0) is 62.1 Å². The van der Waals surface area contributed by atoms with Crippen molar-refractivity contribution in [3.63, 3.8) is 0 Å². The molecular formula is C25H21Cl2F3N4. The molecule has 34 heavy (non-hydrogen) atoms. The number of hydrogen-bond acceptors (Lipinski definition) is 4. The zero-order valence-electron chi connectivity index (χ0n) is 18.0. The largest absolute Gasteiger partial charge is 0.433 e. The van der Waals surface area contributed by atoms with Crippen LogP contribution in [-0.2, 0) is 6.18 Å². The number of nitrogens with two attached hydrogens (primary N) is 1. The highest BCUT2D eigenvalue weighted by atomic mass is 35.5. The summed E-state index contributed by atoms with van der Waals surface area (Å²) in [4.78, 5) is 10.3. The molecule has 2 heterocycles. The Morgan fingerprint density at radius 2 is 1.68 bits per heavy atom. The Kier molecular flexibility index (Phi) is 6.04. The maximum Gasteiger partial charge on any atom is 0.433 e. The Balaban J connectivity index is 1.81. The van der Waals surface area contributed by atoms with Crippen molar-refractivity contribution in [1.82, 2.24) is 9.97 Å². The molecule has 2 aromatic heterocycles. The minimum absolute atomic E-state index is 0.0632. The number of rotatable bonds is 3. The van der Waals surface area contributed by atoms with Crippen molar-refractivity contribution in [3.8, 4) is 0 Å². The lowest BCUT2D eigenvalue weighted by Gasteiger charge is -2.39. The van der Waals surface area contributed by atoms with Gasteiger partial charge >= 0.3 is 6.18 Å². The van der Waals surface area contributed by atoms with E-state index in [-0.39, 0.29) is 22.6 Å². The van der Waals surface area contributed by atoms with Crippen LogP contribution in [0.2, 0.25) is 10.0 Å². The van der Waals surface area contributed by atoms with Gasteiger partial charge in [-0.1, -0.05) is 35.3 Å². The van der Waals surface area contributed by atoms with E-state index in [4.69, 9.17) is 28.9 Å². The Labute approximate surface area is 204 Å². The van der Waals surface area contributed by atoms with E-state index < -0.39 is 11.9 Å². The van der Waals surface area contributed by atoms with Crippen molar-refractivity contribution < 1.29 is 13.2 Å². The highest BCUT2D eigenvalue weighted by molar-refractivity contribution is 6.35. The molecule has 5 rings (SSSR count). The molecule has 9 heteroatoms. The molecule has 1 fully saturated rings. The Morgan fingerprint density at radius 1 is 0.912 bits per heavy atom. The first-order chi connectivity index (χ1) is 16.2. The molecule has 0 amide bonds. The SMILES string of the molecule is NC1CCC(N(c2ccnc3cc(Cl)ccc23)c2cc(C(F)(F)F)nc3c(Cl)cccc23)CC1. The first-order valence-electron chi connectivity index (χ1n) is 11.0. The lowest BCUT2D eigenvalue weighted by atomic mass is 9.89. The lowest BCUT2D eigenvalue weighted by Crippen LogP contribution is -2.38. The standard InChI is InChI=1S/C25H21Cl2F3N4/c26-14-4-9-17-20(12-14)32-11-10-21(17)34(16-7-5-15(31)6-8-16)22-13-23(25(28,29)30)33-24-18(22)2-1-3-19(24)27/h1-4,9-13,15-16H,5-8,31H2. The van der Waals surface area contributed by atoms with Crippen LogP contribution in [0.25, 0.3) is 21.8 Å². The van der Waals surface area contributed by atoms with Crippen LogP contribution in [0.1, 0.15) is 31.4 Å². The van der Waals surface area contributed by atoms with E-state index in [9.17, 15) is 13.2 Å². The molecule has 1 saturated carbocycles. The van der Waals surface area contributed by atoms with Crippen molar-refractivity contribution in [3.05, 3.63) is 70.5 Å². The van der Waals surface area contributed by atoms with Gasteiger partial charge in [0.25, 0.3) is 0 Å². The molecule has 4 aromatic rings. The minimum Gasteiger partial charge on any atom is -0.337 e. The molecule has 176 valence electrons. The molecule has 2 N–H and O–H groups in total. The Bertz CT molecular complexity index is 1370. The smallest absolute Gasteiger partial charge is 0.337 e. The van der Waals surface area contributed by atoms with Crippen molar-refractivity contribution in [2.75, 3.05) is 4.90 Å². The van der Waals surface area contributed by atoms with Gasteiger partial charge in [-0.3, -0.25) is 4.98 Å². The number of alkyl halides is 3. The molecule has 1 aliphatic rings. The van der Waals surface area contributed by atoms with Crippen molar-refractivity contribution in [1.29, 1.82) is 0 Å². The van der Waals surface area contributed by atoms with Gasteiger partial charge in [0.1, 0.15) is 5.69 Å². The van der Waals surface area contributed by atoms with Gasteiger partial charge in [0, 0.05) is 34.1 Å². The van der Waals surface area contributed by atoms with Crippen molar-refractivity contribution >= 4 is 56.4 Å². The van der Waals surface area contributed by atoms with Gasteiger partial charge in [-0.2, -0.15) is 13.2 Å². The quantitative estimate of drug-likeness (QED) is 0.313. The second kappa shape index (κ2) is 8.87. The fourth-order valence-electron chi connectivity index (χ4n) is 4.74. The first-order valence-corrected chi connectivity index (χ1v) is 11.7. The number of para-hydroxylation sites is 1. The third-order valence-electron chi connectivity index (χ3n) is 6.37. The van der Waals surface area contributed by atoms with Crippen molar-refractivity contribution in [2.45, 2.75) is 43.9 Å². The summed E-state index contributed by atoms with van der Waals surface area (Å²) in [7, 11) is 0. The number of hydrogen-bond donors (Lipinski definition) is 1. The van der Waals surface area contributed by atoms with E-state index in [1.165, 1.54) is 0 Å². The Morgan fingerprint density at radius 3 is 2.41 bits per heavy atom. The van der Waals surface area contributed by atoms with Gasteiger partial charge in [0.15, 0.2) is 0 Å². The van der Waals surface area contributed by atoms with Crippen LogP contribution in [0, 0.1) is 0 Å². The van der Waals surface area contributed by atoms with E-state index in [0.717, 1.165) is 42.8 Å². The lowest BCUT2D eigenvalue weighted by molar-refractivity contribution is -0.140. The highest BCUT2D eigenvalue weighted by Gasteiger charge is 2.36. The first kappa shape index (κ1) is 23.1. The monoisotopic (exact) mass is 504 g/mol. The normalized spacial score (nSPS) is 19.0. The molecule has 0 aliphatic heterocycles. The van der Waals surface area contributed by atoms with Crippen LogP contribution in [0.4, 0.5) is 24.5 Å². The average molecular weight is 505 g/mol. The zero-order valence-corrected chi connectivity index (χ0v) is 19.5. The number of anilines is 2. The third kappa shape index (κ3) is 4.28. The van der Waals surface area contributed by atoms with Gasteiger partial charge < -0.3 is 10.6 Å². The van der Waals surface area contributed by atoms with E-state index in [0.29, 0.717) is 21.6 Å². The van der Waals surface area contributed by atoms with Crippen molar-refractivity contribution in [2.24, 2.45) is 5.73 Å². The van der Waals surface area contributed by atoms with Crippen LogP contribution in [0.3, 0.4) is 0 Å². The third-order valence-corrected chi connectivity index (χ3v) is 6.91. The number of benzene rings is 2. The molecule has 2 aromatic carbocycles. The minimum atomic E-state index is -4.63. The molecule has 0 saturated heterocycles. The molecule has 0 radical (unpaired) electrons. The van der Waals surface area contributed by atoms with Crippen LogP contribution in [0.15, 0.2) is 54.7 Å². The number of halogens is 5. The summed E-state index contributed by atoms with van der Waals surface area (Å²) in [6, 6.07) is 13.4. The maximum atomic E-state index is 13.9. The van der Waals surface area contributed by atoms with Gasteiger partial charge in [-0.25, -0.2) is 4.98 Å². The molecular weight excluding hydrogens is 484 g/mol. The van der Waals surface area contributed by atoms with Gasteiger partial charge in [0.05, 0.1) is 27.4 Å². The molecule has 1 aliphatic carbocycles. The summed E-state index contributed by atoms with van der Waals surface area (Å²) in [5.74, 6) is 0. The van der Waals surface area contributed by atoms with Crippen LogP contribution in [0.5, 0.6) is 0 Å². The number of fused-ring (bicyclic) bond motifs is 2. The van der Waals surface area contributed by atoms with Gasteiger partial charge in [-0.15, -0.1) is 0 Å². The molecule has 0 atom stereocenters. The summed E-state index contributed by atoms with van der Waals surface area (Å²) in [6.45, 7) is 0. The molecule has 0 bridgehead atoms. The summed E-state index contributed by atoms with van der Waals surface area (Å²) < 4.78 is 41.8. The second-order valence-corrected chi connectivity index (χ2v) is 9.43. The number of nitrogens with zero attached hydrogens (tertiary/aromatic N) is 3. The summed E-state index contributed by atoms with van der Waals surface area (Å²) in [5.41, 5.74) is 7.11. The van der Waals surface area contributed by atoms with E-state index in [1.54, 1.807) is 36.5 Å². The predicted molar refractivity (Wildman–Crippen MR) is 131 cm³/mol. The van der Waals surface area contributed by atoms with Crippen LogP contribution in [-0.4, -0.2) is 22.1 Å². The average Bonchev–Trinajstić information content (AvgIpc) is 2.80. The highest BCUT2D eigenvalue weighted by Crippen LogP contribution is 2.43.